The van der Waals surface area contributed by atoms with Gasteiger partial charge in [0, 0.05) is 10.6 Å². The number of ether oxygens (including phenoxy) is 2. The van der Waals surface area contributed by atoms with Crippen molar-refractivity contribution in [1.29, 1.82) is 0 Å². The zero-order chi connectivity index (χ0) is 23.1. The summed E-state index contributed by atoms with van der Waals surface area (Å²) in [6.45, 7) is -0.0587. The number of sulfonamides is 1. The van der Waals surface area contributed by atoms with Crippen LogP contribution in [-0.4, -0.2) is 34.8 Å². The van der Waals surface area contributed by atoms with Crippen molar-refractivity contribution in [3.05, 3.63) is 76.7 Å². The summed E-state index contributed by atoms with van der Waals surface area (Å²) in [7, 11) is -0.738. The number of amides is 1. The van der Waals surface area contributed by atoms with E-state index in [-0.39, 0.29) is 11.4 Å². The van der Waals surface area contributed by atoms with Gasteiger partial charge in [0.15, 0.2) is 11.5 Å². The van der Waals surface area contributed by atoms with E-state index in [2.05, 4.69) is 15.2 Å². The Morgan fingerprint density at radius 1 is 1.06 bits per heavy atom. The molecule has 1 aromatic heterocycles. The lowest BCUT2D eigenvalue weighted by atomic mass is 10.2. The summed E-state index contributed by atoms with van der Waals surface area (Å²) >= 11 is 5.78. The fraction of sp³-hybridized carbons (Fsp3) is 0.143. The lowest BCUT2D eigenvalue weighted by molar-refractivity contribution is 0.0954. The molecule has 32 heavy (non-hydrogen) atoms. The first-order chi connectivity index (χ1) is 15.3. The van der Waals surface area contributed by atoms with Gasteiger partial charge in [-0.3, -0.25) is 4.79 Å². The number of halogens is 1. The van der Waals surface area contributed by atoms with Crippen molar-refractivity contribution in [3.63, 3.8) is 0 Å². The molecular formula is C21H20ClN3O6S. The van der Waals surface area contributed by atoms with Crippen LogP contribution in [0.4, 0.5) is 0 Å². The highest BCUT2D eigenvalue weighted by molar-refractivity contribution is 7.89. The highest BCUT2D eigenvalue weighted by Crippen LogP contribution is 2.27. The molecule has 0 saturated heterocycles. The van der Waals surface area contributed by atoms with Gasteiger partial charge in [-0.1, -0.05) is 11.6 Å². The molecule has 0 aliphatic rings. The van der Waals surface area contributed by atoms with Gasteiger partial charge in [0.2, 0.25) is 10.0 Å². The lowest BCUT2D eigenvalue weighted by Gasteiger charge is -2.08. The summed E-state index contributed by atoms with van der Waals surface area (Å²) < 4.78 is 42.9. The minimum absolute atomic E-state index is 0.0587. The van der Waals surface area contributed by atoms with Crippen LogP contribution in [0.1, 0.15) is 21.9 Å². The van der Waals surface area contributed by atoms with Gasteiger partial charge in [0.1, 0.15) is 11.5 Å². The molecule has 1 heterocycles. The zero-order valence-electron chi connectivity index (χ0n) is 17.2. The summed E-state index contributed by atoms with van der Waals surface area (Å²) in [5.41, 5.74) is 2.71. The summed E-state index contributed by atoms with van der Waals surface area (Å²) in [5.74, 6) is 1.17. The second-order valence-electron chi connectivity index (χ2n) is 6.35. The molecule has 11 heteroatoms. The second kappa shape index (κ2) is 10.3. The maximum Gasteiger partial charge on any atom is 0.271 e. The quantitative estimate of drug-likeness (QED) is 0.361. The highest BCUT2D eigenvalue weighted by atomic mass is 35.5. The largest absolute Gasteiger partial charge is 0.493 e. The zero-order valence-corrected chi connectivity index (χ0v) is 18.7. The van der Waals surface area contributed by atoms with Crippen molar-refractivity contribution in [2.75, 3.05) is 14.2 Å². The van der Waals surface area contributed by atoms with Crippen molar-refractivity contribution < 1.29 is 27.1 Å². The average Bonchev–Trinajstić information content (AvgIpc) is 3.25. The van der Waals surface area contributed by atoms with Crippen LogP contribution < -0.4 is 19.6 Å². The average molecular weight is 478 g/mol. The summed E-state index contributed by atoms with van der Waals surface area (Å²) in [6.07, 6.45) is 1.30. The fourth-order valence-corrected chi connectivity index (χ4v) is 3.74. The van der Waals surface area contributed by atoms with Gasteiger partial charge < -0.3 is 13.9 Å². The molecule has 0 radical (unpaired) electrons. The number of hydrogen-bond donors (Lipinski definition) is 2. The Bertz CT molecular complexity index is 1220. The Balaban J connectivity index is 1.56. The van der Waals surface area contributed by atoms with Crippen LogP contribution in [0.15, 0.2) is 69.0 Å². The van der Waals surface area contributed by atoms with Crippen LogP contribution in [0.25, 0.3) is 0 Å². The van der Waals surface area contributed by atoms with E-state index in [1.807, 2.05) is 0 Å². The molecule has 0 bridgehead atoms. The van der Waals surface area contributed by atoms with E-state index in [4.69, 9.17) is 25.5 Å². The maximum atomic E-state index is 12.3. The standard InChI is InChI=1S/C21H20ClN3O6S/c1-29-19-10-3-14(11-20(19)30-2)21(26)25-23-12-16-6-7-17(31-16)13-24-32(27,28)18-8-4-15(22)5-9-18/h3-12,24H,13H2,1-2H3,(H,25,26)/b23-12-. The van der Waals surface area contributed by atoms with Crippen LogP contribution >= 0.6 is 11.6 Å². The number of nitrogens with zero attached hydrogens (tertiary/aromatic N) is 1. The first kappa shape index (κ1) is 23.3. The molecule has 9 nitrogen and oxygen atoms in total. The van der Waals surface area contributed by atoms with Crippen LogP contribution in [0.3, 0.4) is 0 Å². The van der Waals surface area contributed by atoms with Gasteiger partial charge in [-0.05, 0) is 54.6 Å². The third-order valence-corrected chi connectivity index (χ3v) is 5.92. The van der Waals surface area contributed by atoms with E-state index in [0.29, 0.717) is 33.6 Å². The van der Waals surface area contributed by atoms with Gasteiger partial charge in [0.25, 0.3) is 5.91 Å². The summed E-state index contributed by atoms with van der Waals surface area (Å²) in [6, 6.07) is 13.7. The molecule has 0 spiro atoms. The number of carbonyl (C=O) groups is 1. The van der Waals surface area contributed by atoms with Crippen LogP contribution in [-0.2, 0) is 16.6 Å². The van der Waals surface area contributed by atoms with Crippen molar-refractivity contribution in [3.8, 4) is 11.5 Å². The molecule has 1 amide bonds. The number of furan rings is 1. The minimum Gasteiger partial charge on any atom is -0.493 e. The van der Waals surface area contributed by atoms with Crippen LogP contribution in [0, 0.1) is 0 Å². The fourth-order valence-electron chi connectivity index (χ4n) is 2.62. The molecule has 0 unspecified atom stereocenters. The van der Waals surface area contributed by atoms with E-state index < -0.39 is 15.9 Å². The molecule has 0 saturated carbocycles. The molecule has 0 fully saturated rings. The third kappa shape index (κ3) is 5.88. The number of rotatable bonds is 9. The molecule has 2 aromatic carbocycles. The summed E-state index contributed by atoms with van der Waals surface area (Å²) in [5, 5.41) is 4.29. The molecule has 0 aliphatic heterocycles. The predicted octanol–water partition coefficient (Wildman–Crippen LogP) is 3.19. The number of hydrazone groups is 1. The molecule has 0 aliphatic carbocycles. The molecular weight excluding hydrogens is 458 g/mol. The number of carbonyl (C=O) groups excluding carboxylic acids is 1. The van der Waals surface area contributed by atoms with Gasteiger partial charge in [-0.2, -0.15) is 5.10 Å². The monoisotopic (exact) mass is 477 g/mol. The minimum atomic E-state index is -3.71. The van der Waals surface area contributed by atoms with Crippen molar-refractivity contribution >= 4 is 33.7 Å². The van der Waals surface area contributed by atoms with Crippen LogP contribution in [0.2, 0.25) is 5.02 Å². The molecule has 168 valence electrons. The van der Waals surface area contributed by atoms with E-state index in [0.717, 1.165) is 0 Å². The van der Waals surface area contributed by atoms with Gasteiger partial charge >= 0.3 is 0 Å². The van der Waals surface area contributed by atoms with Crippen LogP contribution in [0.5, 0.6) is 11.5 Å². The van der Waals surface area contributed by atoms with E-state index >= 15 is 0 Å². The van der Waals surface area contributed by atoms with Crippen molar-refractivity contribution in [1.82, 2.24) is 10.1 Å². The Morgan fingerprint density at radius 3 is 2.47 bits per heavy atom. The maximum absolute atomic E-state index is 12.3. The Labute approximate surface area is 190 Å². The first-order valence-electron chi connectivity index (χ1n) is 9.22. The smallest absolute Gasteiger partial charge is 0.271 e. The Morgan fingerprint density at radius 2 is 1.78 bits per heavy atom. The summed E-state index contributed by atoms with van der Waals surface area (Å²) in [4.78, 5) is 12.3. The normalized spacial score (nSPS) is 11.5. The van der Waals surface area contributed by atoms with Gasteiger partial charge in [-0.25, -0.2) is 18.6 Å². The molecule has 2 N–H and O–H groups in total. The van der Waals surface area contributed by atoms with E-state index in [1.165, 1.54) is 50.8 Å². The van der Waals surface area contributed by atoms with Crippen molar-refractivity contribution in [2.45, 2.75) is 11.4 Å². The van der Waals surface area contributed by atoms with E-state index in [9.17, 15) is 13.2 Å². The number of hydrogen-bond acceptors (Lipinski definition) is 7. The van der Waals surface area contributed by atoms with Gasteiger partial charge in [-0.15, -0.1) is 0 Å². The Hall–Kier alpha value is -3.34. The highest BCUT2D eigenvalue weighted by Gasteiger charge is 2.14. The topological polar surface area (TPSA) is 119 Å². The first-order valence-corrected chi connectivity index (χ1v) is 11.1. The molecule has 3 rings (SSSR count). The van der Waals surface area contributed by atoms with Crippen molar-refractivity contribution in [2.24, 2.45) is 5.10 Å². The SMILES string of the molecule is COc1ccc(C(=O)N/N=C\c2ccc(CNS(=O)(=O)c3ccc(Cl)cc3)o2)cc1OC. The molecule has 0 atom stereocenters. The Kier molecular flexibility index (Phi) is 7.52. The lowest BCUT2D eigenvalue weighted by Crippen LogP contribution is -2.22. The van der Waals surface area contributed by atoms with Gasteiger partial charge in [0.05, 0.1) is 31.9 Å². The predicted molar refractivity (Wildman–Crippen MR) is 119 cm³/mol. The third-order valence-electron chi connectivity index (χ3n) is 4.25. The number of benzene rings is 2. The number of nitrogens with one attached hydrogen (secondary N) is 2. The second-order valence-corrected chi connectivity index (χ2v) is 8.55. The molecule has 3 aromatic rings. The van der Waals surface area contributed by atoms with E-state index in [1.54, 1.807) is 24.3 Å². The number of methoxy groups -OCH3 is 2.